The maximum absolute atomic E-state index is 12.7. The molecule has 0 radical (unpaired) electrons. The van der Waals surface area contributed by atoms with Gasteiger partial charge in [-0.05, 0) is 48.7 Å². The van der Waals surface area contributed by atoms with Crippen molar-refractivity contribution in [3.05, 3.63) is 52.5 Å². The molecule has 0 aromatic heterocycles. The average Bonchev–Trinajstić information content (AvgIpc) is 3.13. The first-order chi connectivity index (χ1) is 14.4. The summed E-state index contributed by atoms with van der Waals surface area (Å²) in [6.07, 6.45) is 1.56. The van der Waals surface area contributed by atoms with Crippen LogP contribution in [0.3, 0.4) is 0 Å². The van der Waals surface area contributed by atoms with Crippen molar-refractivity contribution in [2.24, 2.45) is 0 Å². The maximum Gasteiger partial charge on any atom is 0.387 e. The molecule has 1 saturated heterocycles. The Morgan fingerprint density at radius 1 is 1.23 bits per heavy atom. The molecule has 1 heterocycles. The van der Waals surface area contributed by atoms with E-state index in [1.807, 2.05) is 0 Å². The van der Waals surface area contributed by atoms with Gasteiger partial charge in [0.15, 0.2) is 11.5 Å². The molecule has 1 aliphatic heterocycles. The number of nitrogens with one attached hydrogen (secondary N) is 1. The smallest absolute Gasteiger partial charge is 0.387 e. The summed E-state index contributed by atoms with van der Waals surface area (Å²) in [4.78, 5) is 26.4. The molecule has 6 nitrogen and oxygen atoms in total. The third kappa shape index (κ3) is 5.18. The SMILES string of the molecule is COc1ccc(CCNC(=O)c2ccc(Cl)cc2N2CCCC2=O)cc1OC(F)F. The monoisotopic (exact) mass is 438 g/mol. The fraction of sp³-hybridized carbons (Fsp3) is 0.333. The van der Waals surface area contributed by atoms with Gasteiger partial charge < -0.3 is 19.7 Å². The van der Waals surface area contributed by atoms with E-state index in [1.54, 1.807) is 29.2 Å². The molecule has 1 N–H and O–H groups in total. The van der Waals surface area contributed by atoms with Gasteiger partial charge in [0.1, 0.15) is 0 Å². The lowest BCUT2D eigenvalue weighted by atomic mass is 10.1. The van der Waals surface area contributed by atoms with Crippen LogP contribution >= 0.6 is 11.6 Å². The van der Waals surface area contributed by atoms with Crippen molar-refractivity contribution in [1.29, 1.82) is 0 Å². The van der Waals surface area contributed by atoms with Crippen LogP contribution in [-0.4, -0.2) is 38.6 Å². The van der Waals surface area contributed by atoms with E-state index in [-0.39, 0.29) is 29.9 Å². The predicted molar refractivity (Wildman–Crippen MR) is 109 cm³/mol. The van der Waals surface area contributed by atoms with Crippen LogP contribution in [0.2, 0.25) is 5.02 Å². The van der Waals surface area contributed by atoms with Crippen molar-refractivity contribution in [2.75, 3.05) is 25.1 Å². The molecule has 0 atom stereocenters. The van der Waals surface area contributed by atoms with E-state index in [0.717, 1.165) is 6.42 Å². The topological polar surface area (TPSA) is 67.9 Å². The number of methoxy groups -OCH3 is 1. The number of rotatable bonds is 8. The second-order valence-electron chi connectivity index (χ2n) is 6.68. The molecule has 0 spiro atoms. The van der Waals surface area contributed by atoms with Crippen LogP contribution in [0.5, 0.6) is 11.5 Å². The van der Waals surface area contributed by atoms with Crippen LogP contribution in [0, 0.1) is 0 Å². The number of hydrogen-bond donors (Lipinski definition) is 1. The van der Waals surface area contributed by atoms with Crippen molar-refractivity contribution in [3.8, 4) is 11.5 Å². The van der Waals surface area contributed by atoms with Gasteiger partial charge in [-0.2, -0.15) is 8.78 Å². The van der Waals surface area contributed by atoms with Gasteiger partial charge in [-0.25, -0.2) is 0 Å². The Balaban J connectivity index is 1.67. The van der Waals surface area contributed by atoms with Crippen LogP contribution < -0.4 is 19.7 Å². The Hall–Kier alpha value is -2.87. The summed E-state index contributed by atoms with van der Waals surface area (Å²) in [6, 6.07) is 9.48. The van der Waals surface area contributed by atoms with Gasteiger partial charge in [0.25, 0.3) is 5.91 Å². The van der Waals surface area contributed by atoms with E-state index in [1.165, 1.54) is 19.2 Å². The summed E-state index contributed by atoms with van der Waals surface area (Å²) in [5.74, 6) is -0.261. The van der Waals surface area contributed by atoms with E-state index in [2.05, 4.69) is 10.1 Å². The molecule has 0 bridgehead atoms. The van der Waals surface area contributed by atoms with Crippen LogP contribution in [0.1, 0.15) is 28.8 Å². The summed E-state index contributed by atoms with van der Waals surface area (Å²) in [6.45, 7) is -2.17. The zero-order chi connectivity index (χ0) is 21.7. The third-order valence-electron chi connectivity index (χ3n) is 4.71. The molecule has 2 aromatic rings. The first-order valence-electron chi connectivity index (χ1n) is 9.39. The second-order valence-corrected chi connectivity index (χ2v) is 7.12. The van der Waals surface area contributed by atoms with Crippen LogP contribution in [-0.2, 0) is 11.2 Å². The summed E-state index contributed by atoms with van der Waals surface area (Å²) < 4.78 is 34.6. The lowest BCUT2D eigenvalue weighted by Gasteiger charge is -2.20. The zero-order valence-electron chi connectivity index (χ0n) is 16.3. The van der Waals surface area contributed by atoms with Gasteiger partial charge in [0, 0.05) is 24.5 Å². The van der Waals surface area contributed by atoms with E-state index in [0.29, 0.717) is 41.2 Å². The molecule has 30 heavy (non-hydrogen) atoms. The van der Waals surface area contributed by atoms with Crippen molar-refractivity contribution < 1.29 is 27.8 Å². The third-order valence-corrected chi connectivity index (χ3v) is 4.95. The number of carbonyl (C=O) groups excluding carboxylic acids is 2. The number of nitrogens with zero attached hydrogens (tertiary/aromatic N) is 1. The highest BCUT2D eigenvalue weighted by atomic mass is 35.5. The van der Waals surface area contributed by atoms with Crippen molar-refractivity contribution >= 4 is 29.1 Å². The molecule has 9 heteroatoms. The molecule has 1 aliphatic rings. The maximum atomic E-state index is 12.7. The summed E-state index contributed by atoms with van der Waals surface area (Å²) >= 11 is 6.06. The fourth-order valence-corrected chi connectivity index (χ4v) is 3.47. The standard InChI is InChI=1S/C21H21ClF2N2O4/c1-29-17-7-4-13(11-18(17)30-21(23)24)8-9-25-20(28)15-6-5-14(22)12-16(15)26-10-2-3-19(26)27/h4-7,11-12,21H,2-3,8-10H2,1H3,(H,25,28). The number of anilines is 1. The average molecular weight is 439 g/mol. The van der Waals surface area contributed by atoms with Crippen molar-refractivity contribution in [3.63, 3.8) is 0 Å². The number of halogens is 3. The summed E-state index contributed by atoms with van der Waals surface area (Å²) in [7, 11) is 1.36. The van der Waals surface area contributed by atoms with Gasteiger partial charge in [-0.15, -0.1) is 0 Å². The van der Waals surface area contributed by atoms with E-state index >= 15 is 0 Å². The molecule has 0 aliphatic carbocycles. The molecular weight excluding hydrogens is 418 g/mol. The van der Waals surface area contributed by atoms with Crippen LogP contribution in [0.15, 0.2) is 36.4 Å². The fourth-order valence-electron chi connectivity index (χ4n) is 3.30. The molecule has 2 amide bonds. The van der Waals surface area contributed by atoms with Crippen molar-refractivity contribution in [1.82, 2.24) is 5.32 Å². The highest BCUT2D eigenvalue weighted by molar-refractivity contribution is 6.31. The lowest BCUT2D eigenvalue weighted by molar-refractivity contribution is -0.117. The van der Waals surface area contributed by atoms with Crippen LogP contribution in [0.25, 0.3) is 0 Å². The number of ether oxygens (including phenoxy) is 2. The predicted octanol–water partition coefficient (Wildman–Crippen LogP) is 4.05. The molecular formula is C21H21ClF2N2O4. The largest absolute Gasteiger partial charge is 0.493 e. The minimum absolute atomic E-state index is 0.0453. The van der Waals surface area contributed by atoms with E-state index < -0.39 is 6.61 Å². The minimum atomic E-state index is -2.97. The molecule has 2 aromatic carbocycles. The molecule has 160 valence electrons. The Labute approximate surface area is 177 Å². The molecule has 0 saturated carbocycles. The first-order valence-corrected chi connectivity index (χ1v) is 9.76. The van der Waals surface area contributed by atoms with Crippen LogP contribution in [0.4, 0.5) is 14.5 Å². The highest BCUT2D eigenvalue weighted by Gasteiger charge is 2.26. The molecule has 3 rings (SSSR count). The first kappa shape index (κ1) is 21.8. The van der Waals surface area contributed by atoms with Gasteiger partial charge >= 0.3 is 6.61 Å². The summed E-state index contributed by atoms with van der Waals surface area (Å²) in [5, 5.41) is 3.23. The lowest BCUT2D eigenvalue weighted by Crippen LogP contribution is -2.30. The minimum Gasteiger partial charge on any atom is -0.493 e. The number of carbonyl (C=O) groups is 2. The van der Waals surface area contributed by atoms with Gasteiger partial charge in [0.05, 0.1) is 18.4 Å². The normalized spacial score (nSPS) is 13.6. The van der Waals surface area contributed by atoms with Gasteiger partial charge in [0.2, 0.25) is 5.91 Å². The zero-order valence-corrected chi connectivity index (χ0v) is 17.0. The second kappa shape index (κ2) is 9.75. The Morgan fingerprint density at radius 2 is 2.03 bits per heavy atom. The Morgan fingerprint density at radius 3 is 2.70 bits per heavy atom. The number of amides is 2. The number of hydrogen-bond acceptors (Lipinski definition) is 4. The Kier molecular flexibility index (Phi) is 7.10. The number of alkyl halides is 2. The number of benzene rings is 2. The van der Waals surface area contributed by atoms with Gasteiger partial charge in [-0.1, -0.05) is 17.7 Å². The summed E-state index contributed by atoms with van der Waals surface area (Å²) in [5.41, 5.74) is 1.53. The van der Waals surface area contributed by atoms with E-state index in [4.69, 9.17) is 16.3 Å². The van der Waals surface area contributed by atoms with E-state index in [9.17, 15) is 18.4 Å². The van der Waals surface area contributed by atoms with Gasteiger partial charge in [-0.3, -0.25) is 9.59 Å². The quantitative estimate of drug-likeness (QED) is 0.675. The van der Waals surface area contributed by atoms with Crippen molar-refractivity contribution in [2.45, 2.75) is 25.9 Å². The Bertz CT molecular complexity index is 939. The molecule has 1 fully saturated rings. The highest BCUT2D eigenvalue weighted by Crippen LogP contribution is 2.30. The molecule has 0 unspecified atom stereocenters.